The normalized spacial score (nSPS) is 24.5. The summed E-state index contributed by atoms with van der Waals surface area (Å²) in [4.78, 5) is 18.0. The zero-order valence-electron chi connectivity index (χ0n) is 18.2. The summed E-state index contributed by atoms with van der Waals surface area (Å²) in [6.45, 7) is 5.60. The van der Waals surface area contributed by atoms with Crippen LogP contribution in [0.25, 0.3) is 0 Å². The molecule has 1 saturated carbocycles. The predicted octanol–water partition coefficient (Wildman–Crippen LogP) is 3.38. The number of piperidine rings is 1. The van der Waals surface area contributed by atoms with Gasteiger partial charge in [0.25, 0.3) is 0 Å². The van der Waals surface area contributed by atoms with E-state index in [-0.39, 0.29) is 5.82 Å². The molecule has 4 heterocycles. The molecule has 1 aliphatic carbocycles. The Labute approximate surface area is 186 Å². The summed E-state index contributed by atoms with van der Waals surface area (Å²) < 4.78 is 15.7. The van der Waals surface area contributed by atoms with E-state index in [0.29, 0.717) is 23.8 Å². The molecule has 3 atom stereocenters. The summed E-state index contributed by atoms with van der Waals surface area (Å²) in [6, 6.07) is 9.12. The lowest BCUT2D eigenvalue weighted by Gasteiger charge is -2.38. The van der Waals surface area contributed by atoms with Crippen LogP contribution in [-0.2, 0) is 6.54 Å². The summed E-state index contributed by atoms with van der Waals surface area (Å²) >= 11 is 0. The van der Waals surface area contributed by atoms with E-state index in [4.69, 9.17) is 10.1 Å². The van der Waals surface area contributed by atoms with Crippen molar-refractivity contribution in [1.29, 1.82) is 0 Å². The lowest BCUT2D eigenvalue weighted by atomic mass is 9.92. The van der Waals surface area contributed by atoms with Gasteiger partial charge >= 0.3 is 0 Å². The Hall–Kier alpha value is -3.23. The van der Waals surface area contributed by atoms with Crippen LogP contribution in [-0.4, -0.2) is 50.4 Å². The number of fused-ring (bicyclic) bond motifs is 3. The molecule has 8 nitrogen and oxygen atoms in total. The monoisotopic (exact) mass is 434 g/mol. The van der Waals surface area contributed by atoms with Crippen molar-refractivity contribution in [2.24, 2.45) is 11.8 Å². The van der Waals surface area contributed by atoms with E-state index in [1.165, 1.54) is 18.9 Å². The molecule has 1 N–H and O–H groups in total. The smallest absolute Gasteiger partial charge is 0.244 e. The van der Waals surface area contributed by atoms with Gasteiger partial charge in [-0.2, -0.15) is 4.98 Å². The number of hydrogen-bond donors (Lipinski definition) is 1. The summed E-state index contributed by atoms with van der Waals surface area (Å²) in [5.74, 6) is 3.31. The van der Waals surface area contributed by atoms with Crippen LogP contribution in [0.1, 0.15) is 25.0 Å². The Bertz CT molecular complexity index is 1120. The second-order valence-electron chi connectivity index (χ2n) is 9.13. The lowest BCUT2D eigenvalue weighted by Crippen LogP contribution is -2.48. The topological polar surface area (TPSA) is 75.0 Å². The molecule has 3 aliphatic rings. The molecule has 3 aromatic rings. The minimum absolute atomic E-state index is 0.236. The van der Waals surface area contributed by atoms with Gasteiger partial charge in [0.15, 0.2) is 0 Å². The van der Waals surface area contributed by atoms with Gasteiger partial charge in [-0.3, -0.25) is 0 Å². The molecule has 2 fully saturated rings. The summed E-state index contributed by atoms with van der Waals surface area (Å²) in [5.41, 5.74) is 1.82. The average Bonchev–Trinajstić information content (AvgIpc) is 3.29. The van der Waals surface area contributed by atoms with Gasteiger partial charge in [0.05, 0.1) is 0 Å². The maximum Gasteiger partial charge on any atom is 0.244 e. The molecule has 6 rings (SSSR count). The fraction of sp³-hybridized carbons (Fsp3) is 0.478. The number of anilines is 4. The highest BCUT2D eigenvalue weighted by molar-refractivity contribution is 5.59. The van der Waals surface area contributed by atoms with E-state index >= 15 is 0 Å². The standard InChI is InChI=1S/C23H27FN8/c1-15-10-20(26-14-25-15)30-12-16-6-7-17(13-30)21(16)27-22-28-23-31(8-3-9-32(23)29-22)19-5-2-4-18(24)11-19/h2,4-5,10-11,14,16-17,21H,3,6-9,12-13H2,1H3,(H,27,29)/t16-,17+,21?. The lowest BCUT2D eigenvalue weighted by molar-refractivity contribution is 0.374. The Balaban J connectivity index is 1.20. The number of nitrogens with zero attached hydrogens (tertiary/aromatic N) is 7. The van der Waals surface area contributed by atoms with Crippen LogP contribution < -0.4 is 15.1 Å². The van der Waals surface area contributed by atoms with Gasteiger partial charge in [-0.05, 0) is 56.2 Å². The molecular formula is C23H27FN8. The Kier molecular flexibility index (Phi) is 4.69. The maximum atomic E-state index is 13.8. The van der Waals surface area contributed by atoms with Gasteiger partial charge in [0.2, 0.25) is 11.9 Å². The number of benzene rings is 1. The van der Waals surface area contributed by atoms with Crippen LogP contribution in [0.2, 0.25) is 0 Å². The second kappa shape index (κ2) is 7.72. The molecule has 166 valence electrons. The number of rotatable bonds is 4. The van der Waals surface area contributed by atoms with Crippen LogP contribution >= 0.6 is 0 Å². The first-order valence-electron chi connectivity index (χ1n) is 11.4. The van der Waals surface area contributed by atoms with Gasteiger partial charge in [-0.25, -0.2) is 19.0 Å². The van der Waals surface area contributed by atoms with E-state index in [2.05, 4.69) is 31.2 Å². The summed E-state index contributed by atoms with van der Waals surface area (Å²) in [7, 11) is 0. The second-order valence-corrected chi connectivity index (χ2v) is 9.13. The molecule has 2 bridgehead atoms. The number of halogens is 1. The predicted molar refractivity (Wildman–Crippen MR) is 121 cm³/mol. The molecule has 0 spiro atoms. The van der Waals surface area contributed by atoms with Crippen LogP contribution in [0.4, 0.5) is 27.8 Å². The molecule has 0 radical (unpaired) electrons. The quantitative estimate of drug-likeness (QED) is 0.675. The SMILES string of the molecule is Cc1cc(N2C[C@H]3CC[C@@H](C2)C3Nc2nc3n(n2)CCCN3c2cccc(F)c2)ncn1. The van der Waals surface area contributed by atoms with E-state index < -0.39 is 0 Å². The molecular weight excluding hydrogens is 407 g/mol. The number of nitrogens with one attached hydrogen (secondary N) is 1. The highest BCUT2D eigenvalue weighted by Crippen LogP contribution is 2.40. The maximum absolute atomic E-state index is 13.8. The van der Waals surface area contributed by atoms with Crippen molar-refractivity contribution >= 4 is 23.4 Å². The fourth-order valence-corrected chi connectivity index (χ4v) is 5.52. The number of hydrogen-bond acceptors (Lipinski definition) is 7. The Morgan fingerprint density at radius 3 is 2.69 bits per heavy atom. The van der Waals surface area contributed by atoms with Crippen LogP contribution in [0, 0.1) is 24.6 Å². The van der Waals surface area contributed by atoms with Crippen molar-refractivity contribution in [3.8, 4) is 0 Å². The van der Waals surface area contributed by atoms with Crippen molar-refractivity contribution in [1.82, 2.24) is 24.7 Å². The van der Waals surface area contributed by atoms with Gasteiger partial charge in [-0.15, -0.1) is 5.10 Å². The number of aromatic nitrogens is 5. The first kappa shape index (κ1) is 19.5. The first-order valence-corrected chi connectivity index (χ1v) is 11.4. The van der Waals surface area contributed by atoms with E-state index in [1.54, 1.807) is 18.5 Å². The first-order chi connectivity index (χ1) is 15.6. The van der Waals surface area contributed by atoms with E-state index in [0.717, 1.165) is 55.7 Å². The molecule has 0 amide bonds. The molecule has 9 heteroatoms. The van der Waals surface area contributed by atoms with Crippen molar-refractivity contribution in [3.05, 3.63) is 48.2 Å². The third-order valence-corrected chi connectivity index (χ3v) is 7.01. The van der Waals surface area contributed by atoms with Crippen molar-refractivity contribution < 1.29 is 4.39 Å². The van der Waals surface area contributed by atoms with Crippen LogP contribution in [0.3, 0.4) is 0 Å². The highest BCUT2D eigenvalue weighted by Gasteiger charge is 2.43. The largest absolute Gasteiger partial charge is 0.356 e. The van der Waals surface area contributed by atoms with E-state index in [9.17, 15) is 4.39 Å². The van der Waals surface area contributed by atoms with Crippen molar-refractivity contribution in [2.75, 3.05) is 34.8 Å². The molecule has 1 aromatic carbocycles. The third-order valence-electron chi connectivity index (χ3n) is 7.01. The zero-order valence-corrected chi connectivity index (χ0v) is 18.2. The fourth-order valence-electron chi connectivity index (χ4n) is 5.52. The Morgan fingerprint density at radius 1 is 1.06 bits per heavy atom. The minimum Gasteiger partial charge on any atom is -0.356 e. The van der Waals surface area contributed by atoms with Gasteiger partial charge in [-0.1, -0.05) is 6.07 Å². The average molecular weight is 435 g/mol. The summed E-state index contributed by atoms with van der Waals surface area (Å²) in [6.07, 6.45) is 5.01. The van der Waals surface area contributed by atoms with E-state index in [1.807, 2.05) is 17.7 Å². The minimum atomic E-state index is -0.236. The third kappa shape index (κ3) is 3.45. The summed E-state index contributed by atoms with van der Waals surface area (Å²) in [5, 5.41) is 8.42. The molecule has 1 saturated heterocycles. The van der Waals surface area contributed by atoms with Gasteiger partial charge < -0.3 is 15.1 Å². The highest BCUT2D eigenvalue weighted by atomic mass is 19.1. The van der Waals surface area contributed by atoms with Crippen molar-refractivity contribution in [2.45, 2.75) is 38.8 Å². The molecule has 2 aliphatic heterocycles. The Morgan fingerprint density at radius 2 is 1.91 bits per heavy atom. The zero-order chi connectivity index (χ0) is 21.7. The molecule has 32 heavy (non-hydrogen) atoms. The molecule has 1 unspecified atom stereocenters. The van der Waals surface area contributed by atoms with Gasteiger partial charge in [0.1, 0.15) is 18.0 Å². The molecule has 2 aromatic heterocycles. The van der Waals surface area contributed by atoms with Crippen LogP contribution in [0.15, 0.2) is 36.7 Å². The number of aryl methyl sites for hydroxylation is 2. The van der Waals surface area contributed by atoms with Crippen LogP contribution in [0.5, 0.6) is 0 Å². The van der Waals surface area contributed by atoms with Gasteiger partial charge in [0, 0.05) is 49.7 Å². The van der Waals surface area contributed by atoms with Crippen molar-refractivity contribution in [3.63, 3.8) is 0 Å².